The average molecular weight is 1440 g/mol. The summed E-state index contributed by atoms with van der Waals surface area (Å²) < 4.78 is 68.4. The molecule has 5 atom stereocenters. The number of hydrogen-bond acceptors (Lipinski definition) is 15. The second-order valence-electron chi connectivity index (χ2n) is 25.1. The van der Waals surface area contributed by atoms with Gasteiger partial charge in [0.25, 0.3) is 0 Å². The second-order valence-corrected chi connectivity index (χ2v) is 28.1. The molecule has 3 N–H and O–H groups in total. The quantitative estimate of drug-likeness (QED) is 0.0169. The van der Waals surface area contributed by atoms with Gasteiger partial charge in [-0.15, -0.1) is 0 Å². The smallest absolute Gasteiger partial charge is 0.462 e. The normalized spacial score (nSPS) is 14.7. The largest absolute Gasteiger partial charge is 0.472 e. The molecule has 0 aromatic carbocycles. The number of carbonyl (C=O) groups excluding carboxylic acids is 4. The molecule has 0 aliphatic rings. The summed E-state index contributed by atoms with van der Waals surface area (Å²) >= 11 is 0. The second kappa shape index (κ2) is 72.5. The van der Waals surface area contributed by atoms with E-state index in [2.05, 4.69) is 161 Å². The van der Waals surface area contributed by atoms with Crippen LogP contribution in [0.15, 0.2) is 134 Å². The third kappa shape index (κ3) is 71.6. The highest BCUT2D eigenvalue weighted by atomic mass is 31.2. The minimum atomic E-state index is -4.99. The fourth-order valence-electron chi connectivity index (χ4n) is 9.81. The fourth-order valence-corrected chi connectivity index (χ4v) is 11.4. The van der Waals surface area contributed by atoms with Crippen LogP contribution in [0.3, 0.4) is 0 Å². The van der Waals surface area contributed by atoms with E-state index in [0.717, 1.165) is 205 Å². The van der Waals surface area contributed by atoms with Gasteiger partial charge in [0.2, 0.25) is 0 Å². The van der Waals surface area contributed by atoms with Crippen LogP contribution in [0.5, 0.6) is 0 Å². The van der Waals surface area contributed by atoms with Crippen molar-refractivity contribution in [2.45, 2.75) is 316 Å². The lowest BCUT2D eigenvalue weighted by Crippen LogP contribution is -2.30. The third-order valence-electron chi connectivity index (χ3n) is 15.6. The monoisotopic (exact) mass is 1440 g/mol. The lowest BCUT2D eigenvalue weighted by Gasteiger charge is -2.21. The van der Waals surface area contributed by atoms with Gasteiger partial charge in [0.05, 0.1) is 26.4 Å². The van der Waals surface area contributed by atoms with Crippen molar-refractivity contribution in [1.82, 2.24) is 0 Å². The Morgan fingerprint density at radius 2 is 0.520 bits per heavy atom. The molecule has 0 saturated carbocycles. The molecule has 100 heavy (non-hydrogen) atoms. The Morgan fingerprint density at radius 3 is 0.810 bits per heavy atom. The molecule has 0 aliphatic carbocycles. The molecule has 19 heteroatoms. The van der Waals surface area contributed by atoms with Crippen LogP contribution in [0.2, 0.25) is 0 Å². The minimum Gasteiger partial charge on any atom is -0.462 e. The van der Waals surface area contributed by atoms with E-state index in [0.29, 0.717) is 25.7 Å². The Bertz CT molecular complexity index is 2420. The molecule has 5 unspecified atom stereocenters. The van der Waals surface area contributed by atoms with E-state index >= 15 is 0 Å². The van der Waals surface area contributed by atoms with Crippen LogP contribution in [0, 0.1) is 0 Å². The predicted octanol–water partition coefficient (Wildman–Crippen LogP) is 22.1. The zero-order valence-electron chi connectivity index (χ0n) is 62.3. The van der Waals surface area contributed by atoms with Crippen molar-refractivity contribution in [3.8, 4) is 0 Å². The van der Waals surface area contributed by atoms with Crippen LogP contribution in [-0.4, -0.2) is 96.7 Å². The van der Waals surface area contributed by atoms with Gasteiger partial charge >= 0.3 is 39.5 Å². The molecule has 0 saturated heterocycles. The molecule has 17 nitrogen and oxygen atoms in total. The number of unbranched alkanes of at least 4 members (excludes halogenated alkanes) is 23. The fraction of sp³-hybridized carbons (Fsp3) is 0.679. The summed E-state index contributed by atoms with van der Waals surface area (Å²) in [6.07, 6.45) is 80.1. The maximum Gasteiger partial charge on any atom is 0.472 e. The Morgan fingerprint density at radius 1 is 0.290 bits per heavy atom. The van der Waals surface area contributed by atoms with Crippen molar-refractivity contribution in [3.63, 3.8) is 0 Å². The number of ether oxygens (including phenoxy) is 4. The number of phosphoric acid groups is 2. The Hall–Kier alpha value is -4.80. The van der Waals surface area contributed by atoms with Crippen molar-refractivity contribution in [2.75, 3.05) is 39.6 Å². The molecule has 0 radical (unpaired) electrons. The molecule has 0 bridgehead atoms. The summed E-state index contributed by atoms with van der Waals surface area (Å²) in [4.78, 5) is 72.9. The first-order valence-electron chi connectivity index (χ1n) is 38.4. The third-order valence-corrected chi connectivity index (χ3v) is 17.5. The van der Waals surface area contributed by atoms with Crippen LogP contribution < -0.4 is 0 Å². The number of allylic oxidation sites excluding steroid dienone is 22. The van der Waals surface area contributed by atoms with Crippen LogP contribution >= 0.6 is 15.6 Å². The zero-order chi connectivity index (χ0) is 73.2. The summed E-state index contributed by atoms with van der Waals surface area (Å²) in [6.45, 7) is 4.43. The highest BCUT2D eigenvalue weighted by molar-refractivity contribution is 7.47. The van der Waals surface area contributed by atoms with Gasteiger partial charge in [-0.05, 0) is 148 Å². The molecule has 0 heterocycles. The van der Waals surface area contributed by atoms with E-state index < -0.39 is 97.5 Å². The van der Waals surface area contributed by atoms with E-state index in [4.69, 9.17) is 37.0 Å². The van der Waals surface area contributed by atoms with Crippen LogP contribution in [0.1, 0.15) is 297 Å². The van der Waals surface area contributed by atoms with Gasteiger partial charge in [0.15, 0.2) is 12.2 Å². The van der Waals surface area contributed by atoms with E-state index in [1.54, 1.807) is 0 Å². The molecule has 0 aromatic rings. The maximum absolute atomic E-state index is 13.1. The first-order chi connectivity index (χ1) is 48.7. The molecule has 0 amide bonds. The summed E-state index contributed by atoms with van der Waals surface area (Å²) in [6, 6.07) is 0. The Balaban J connectivity index is 5.37. The van der Waals surface area contributed by atoms with Gasteiger partial charge in [0.1, 0.15) is 19.3 Å². The number of phosphoric ester groups is 2. The van der Waals surface area contributed by atoms with Crippen LogP contribution in [0.25, 0.3) is 0 Å². The summed E-state index contributed by atoms with van der Waals surface area (Å²) in [5.41, 5.74) is 0. The highest BCUT2D eigenvalue weighted by Crippen LogP contribution is 2.45. The number of esters is 4. The van der Waals surface area contributed by atoms with E-state index in [9.17, 15) is 43.2 Å². The molecular formula is C81H136O17P2. The maximum atomic E-state index is 13.1. The molecule has 0 rings (SSSR count). The lowest BCUT2D eigenvalue weighted by molar-refractivity contribution is -0.161. The van der Waals surface area contributed by atoms with Crippen LogP contribution in [-0.2, 0) is 65.4 Å². The number of aliphatic hydroxyl groups excluding tert-OH is 1. The van der Waals surface area contributed by atoms with Gasteiger partial charge in [-0.25, -0.2) is 9.13 Å². The average Bonchev–Trinajstić information content (AvgIpc) is 1.02. The highest BCUT2D eigenvalue weighted by Gasteiger charge is 2.30. The van der Waals surface area contributed by atoms with E-state index in [1.165, 1.54) is 12.8 Å². The van der Waals surface area contributed by atoms with Crippen molar-refractivity contribution < 1.29 is 80.2 Å². The van der Waals surface area contributed by atoms with Crippen molar-refractivity contribution >= 4 is 39.5 Å². The number of hydrogen-bond donors (Lipinski definition) is 3. The Labute approximate surface area is 605 Å². The molecule has 0 aromatic heterocycles. The van der Waals surface area contributed by atoms with Gasteiger partial charge < -0.3 is 33.8 Å². The van der Waals surface area contributed by atoms with Crippen molar-refractivity contribution in [2.24, 2.45) is 0 Å². The summed E-state index contributed by atoms with van der Waals surface area (Å²) in [7, 11) is -9.97. The van der Waals surface area contributed by atoms with Gasteiger partial charge in [-0.3, -0.25) is 37.3 Å². The molecular weight excluding hydrogens is 1310 g/mol. The topological polar surface area (TPSA) is 237 Å². The number of rotatable bonds is 71. The van der Waals surface area contributed by atoms with Crippen LogP contribution in [0.4, 0.5) is 0 Å². The van der Waals surface area contributed by atoms with Gasteiger partial charge in [0, 0.05) is 25.7 Å². The SMILES string of the molecule is CC/C=C\C/C=C\C/C=C\C/C=C\CCCCCCC(=O)OCC(COP(=O)(O)OCC(O)COP(=O)(O)OCC(COC(=O)CCCCCCCCC/C=C\C/C=C\C/C=C\CC)OC(=O)CCCCCCC/C=C\CCCC)OC(=O)CCCCCCC/C=C\C/C=C\C/C=C\CC. The number of aliphatic hydroxyl groups is 1. The van der Waals surface area contributed by atoms with E-state index in [1.807, 2.05) is 0 Å². The van der Waals surface area contributed by atoms with Gasteiger partial charge in [-0.1, -0.05) is 258 Å². The first-order valence-corrected chi connectivity index (χ1v) is 41.4. The minimum absolute atomic E-state index is 0.0664. The summed E-state index contributed by atoms with van der Waals surface area (Å²) in [5, 5.41) is 10.6. The predicted molar refractivity (Wildman–Crippen MR) is 408 cm³/mol. The molecule has 0 fully saturated rings. The van der Waals surface area contributed by atoms with Crippen molar-refractivity contribution in [3.05, 3.63) is 134 Å². The summed E-state index contributed by atoms with van der Waals surface area (Å²) in [5.74, 6) is -2.24. The standard InChI is InChI=1S/C81H136O17P2/c1-5-9-13-17-21-25-29-32-35-37-40-42-46-49-53-57-61-65-78(83)91-71-76(97-80(85)67-63-59-55-51-45-28-24-20-16-12-8-4)73-95-99(87,88)93-69-75(82)70-94-100(89,90)96-74-77(98-81(86)68-64-60-56-52-48-44-39-34-31-27-23-19-15-11-7-3)72-92-79(84)66-62-58-54-50-47-43-41-38-36-33-30-26-22-18-14-10-6-2/h9-11,13-15,20-27,32-36,39,41,43,75-77,82H,5-8,12,16-19,28-31,37-38,40,42,44-74H2,1-4H3,(H,87,88)(H,89,90)/b13-9-,14-10-,15-11-,24-20-,25-21-,26-22-,27-23-,35-32-,36-33-,39-34-,43-41-. The zero-order valence-corrected chi connectivity index (χ0v) is 64.1. The molecule has 0 spiro atoms. The Kier molecular flexibility index (Phi) is 69.1. The molecule has 0 aliphatic heterocycles. The first kappa shape index (κ1) is 95.2. The molecule has 572 valence electrons. The van der Waals surface area contributed by atoms with Gasteiger partial charge in [-0.2, -0.15) is 0 Å². The lowest BCUT2D eigenvalue weighted by atomic mass is 10.1. The van der Waals surface area contributed by atoms with E-state index in [-0.39, 0.29) is 25.7 Å². The number of carbonyl (C=O) groups is 4. The van der Waals surface area contributed by atoms with Crippen molar-refractivity contribution in [1.29, 1.82) is 0 Å².